The minimum Gasteiger partial charge on any atom is -0.497 e. The van der Waals surface area contributed by atoms with Crippen molar-refractivity contribution >= 4 is 39.5 Å². The molecule has 3 aromatic carbocycles. The van der Waals surface area contributed by atoms with Crippen LogP contribution in [0, 0.1) is 11.8 Å². The number of ether oxygens (including phenoxy) is 3. The van der Waals surface area contributed by atoms with Crippen molar-refractivity contribution in [2.75, 3.05) is 33.4 Å². The first-order valence-electron chi connectivity index (χ1n) is 19.6. The third kappa shape index (κ3) is 17.3. The summed E-state index contributed by atoms with van der Waals surface area (Å²) in [5.74, 6) is -1.93. The topological polar surface area (TPSA) is 207 Å². The molecule has 0 aliphatic carbocycles. The van der Waals surface area contributed by atoms with Gasteiger partial charge in [0.1, 0.15) is 31.0 Å². The number of nitrogens with zero attached hydrogens (tertiary/aromatic N) is 1. The Kier molecular flexibility index (Phi) is 20.2. The van der Waals surface area contributed by atoms with Gasteiger partial charge in [0.2, 0.25) is 27.7 Å². The van der Waals surface area contributed by atoms with Crippen molar-refractivity contribution in [3.05, 3.63) is 96.1 Å². The minimum absolute atomic E-state index is 0.0628. The summed E-state index contributed by atoms with van der Waals surface area (Å²) in [6.45, 7) is 7.72. The number of methoxy groups -OCH3 is 1. The third-order valence-corrected chi connectivity index (χ3v) is 10.9. The molecule has 1 aliphatic heterocycles. The van der Waals surface area contributed by atoms with E-state index in [0.29, 0.717) is 38.0 Å². The highest BCUT2D eigenvalue weighted by Gasteiger charge is 2.34. The van der Waals surface area contributed by atoms with Crippen LogP contribution in [-0.4, -0.2) is 98.8 Å². The number of carbonyl (C=O) groups excluding carboxylic acids is 4. The molecule has 0 aromatic heterocycles. The molecule has 1 heterocycles. The van der Waals surface area contributed by atoms with Gasteiger partial charge in [0.25, 0.3) is 0 Å². The molecule has 1 saturated heterocycles. The number of sulfonamides is 1. The number of aliphatic carboxylic acids is 1. The molecular formula is C43H58N4O11S. The number of nitrogens with one attached hydrogen (secondary N) is 3. The minimum atomic E-state index is -3.90. The Morgan fingerprint density at radius 2 is 1.25 bits per heavy atom. The third-order valence-electron chi connectivity index (χ3n) is 9.02. The largest absolute Gasteiger partial charge is 0.497 e. The molecule has 0 saturated carbocycles. The Hall–Kier alpha value is -5.16. The van der Waals surface area contributed by atoms with Crippen LogP contribution < -0.4 is 20.7 Å². The summed E-state index contributed by atoms with van der Waals surface area (Å²) in [6.07, 6.45) is 1.46. The van der Waals surface area contributed by atoms with E-state index in [1.807, 2.05) is 88.4 Å². The molecule has 15 nitrogen and oxygen atoms in total. The van der Waals surface area contributed by atoms with Crippen molar-refractivity contribution < 1.29 is 51.7 Å². The summed E-state index contributed by atoms with van der Waals surface area (Å²) in [4.78, 5) is 61.4. The predicted molar refractivity (Wildman–Crippen MR) is 221 cm³/mol. The van der Waals surface area contributed by atoms with E-state index in [1.165, 1.54) is 19.2 Å². The molecule has 59 heavy (non-hydrogen) atoms. The second-order valence-corrected chi connectivity index (χ2v) is 16.9. The summed E-state index contributed by atoms with van der Waals surface area (Å²) >= 11 is 0. The summed E-state index contributed by atoms with van der Waals surface area (Å²) in [5, 5.41) is 17.0. The van der Waals surface area contributed by atoms with Crippen molar-refractivity contribution in [3.8, 4) is 5.75 Å². The molecule has 1 unspecified atom stereocenters. The van der Waals surface area contributed by atoms with Gasteiger partial charge >= 0.3 is 5.97 Å². The van der Waals surface area contributed by atoms with Gasteiger partial charge in [-0.3, -0.25) is 19.2 Å². The van der Waals surface area contributed by atoms with E-state index in [9.17, 15) is 32.4 Å². The summed E-state index contributed by atoms with van der Waals surface area (Å²) < 4.78 is 43.2. The fraction of sp³-hybridized carbons (Fsp3) is 0.465. The predicted octanol–water partition coefficient (Wildman–Crippen LogP) is 4.10. The number of carboxylic acid groups (broad SMARTS) is 1. The first-order valence-corrected chi connectivity index (χ1v) is 21.0. The molecule has 322 valence electrons. The van der Waals surface area contributed by atoms with Crippen molar-refractivity contribution in [1.82, 2.24) is 20.3 Å². The fourth-order valence-corrected chi connectivity index (χ4v) is 7.51. The van der Waals surface area contributed by atoms with E-state index in [1.54, 1.807) is 12.1 Å². The molecule has 0 radical (unpaired) electrons. The SMILES string of the molecule is CC(C)C[C@H](NC(=O)COCc1ccccc1)C(=O)O.COc1ccc(S(=O)(=O)N2CCCC(NC(=O)[C@H](CC(C)C)NC(=O)COCc3ccccc3)C(=O)C2)cc1. The Labute approximate surface area is 347 Å². The molecule has 3 amide bonds. The lowest BCUT2D eigenvalue weighted by Crippen LogP contribution is -2.53. The quantitative estimate of drug-likeness (QED) is 0.127. The Morgan fingerprint density at radius 3 is 1.73 bits per heavy atom. The van der Waals surface area contributed by atoms with Gasteiger partial charge in [0.15, 0.2) is 5.78 Å². The molecule has 16 heteroatoms. The van der Waals surface area contributed by atoms with Crippen LogP contribution in [-0.2, 0) is 56.7 Å². The normalized spacial score (nSPS) is 15.6. The van der Waals surface area contributed by atoms with E-state index in [2.05, 4.69) is 16.0 Å². The average Bonchev–Trinajstić information content (AvgIpc) is 3.39. The fourth-order valence-electron chi connectivity index (χ4n) is 6.06. The Bertz CT molecular complexity index is 1890. The molecular weight excluding hydrogens is 781 g/mol. The molecule has 0 spiro atoms. The summed E-state index contributed by atoms with van der Waals surface area (Å²) in [6, 6.07) is 22.3. The maximum absolute atomic E-state index is 13.1. The van der Waals surface area contributed by atoms with E-state index >= 15 is 0 Å². The van der Waals surface area contributed by atoms with Gasteiger partial charge in [-0.2, -0.15) is 4.31 Å². The van der Waals surface area contributed by atoms with Crippen molar-refractivity contribution in [3.63, 3.8) is 0 Å². The molecule has 3 aromatic rings. The van der Waals surface area contributed by atoms with Gasteiger partial charge < -0.3 is 35.3 Å². The van der Waals surface area contributed by atoms with Crippen molar-refractivity contribution in [2.24, 2.45) is 11.8 Å². The number of carboxylic acids is 1. The lowest BCUT2D eigenvalue weighted by molar-refractivity contribution is -0.143. The van der Waals surface area contributed by atoms with E-state index in [-0.39, 0.29) is 49.6 Å². The second-order valence-electron chi connectivity index (χ2n) is 15.0. The zero-order valence-electron chi connectivity index (χ0n) is 34.4. The maximum atomic E-state index is 13.1. The Balaban J connectivity index is 0.000000391. The van der Waals surface area contributed by atoms with Gasteiger partial charge in [-0.15, -0.1) is 0 Å². The monoisotopic (exact) mass is 838 g/mol. The van der Waals surface area contributed by atoms with Crippen molar-refractivity contribution in [2.45, 2.75) is 89.6 Å². The van der Waals surface area contributed by atoms with Crippen LogP contribution in [0.5, 0.6) is 5.75 Å². The van der Waals surface area contributed by atoms with Crippen LogP contribution in [0.1, 0.15) is 64.5 Å². The standard InChI is InChI=1S/C28H37N3O7S.C15H21NO4/c1-20(2)16-25(29-27(33)19-38-18-21-8-5-4-6-9-21)28(34)30-24-10-7-15-31(17-26(24)32)39(35,36)23-13-11-22(37-3)12-14-23;1-11(2)8-13(15(18)19)16-14(17)10-20-9-12-6-4-3-5-7-12/h4-6,8-9,11-14,20,24-25H,7,10,15-19H2,1-3H3,(H,29,33)(H,30,34);3-7,11,13H,8-10H2,1-2H3,(H,16,17)(H,18,19)/t24?,25-;13-/m00/s1. The highest BCUT2D eigenvalue weighted by atomic mass is 32.2. The highest BCUT2D eigenvalue weighted by Crippen LogP contribution is 2.22. The van der Waals surface area contributed by atoms with E-state index in [0.717, 1.165) is 15.4 Å². The number of carbonyl (C=O) groups is 5. The van der Waals surface area contributed by atoms with Gasteiger partial charge in [-0.25, -0.2) is 13.2 Å². The number of benzene rings is 3. The molecule has 0 bridgehead atoms. The molecule has 4 N–H and O–H groups in total. The lowest BCUT2D eigenvalue weighted by atomic mass is 10.0. The number of hydrogen-bond donors (Lipinski definition) is 4. The molecule has 4 rings (SSSR count). The van der Waals surface area contributed by atoms with E-state index in [4.69, 9.17) is 19.3 Å². The van der Waals surface area contributed by atoms with Crippen LogP contribution >= 0.6 is 0 Å². The summed E-state index contributed by atoms with van der Waals surface area (Å²) in [7, 11) is -2.41. The first kappa shape index (κ1) is 48.2. The highest BCUT2D eigenvalue weighted by molar-refractivity contribution is 7.89. The number of rotatable bonds is 20. The number of ketones is 1. The van der Waals surface area contributed by atoms with Crippen LogP contribution in [0.2, 0.25) is 0 Å². The zero-order chi connectivity index (χ0) is 43.4. The van der Waals surface area contributed by atoms with Gasteiger partial charge in [-0.05, 0) is 72.9 Å². The Morgan fingerprint density at radius 1 is 0.763 bits per heavy atom. The van der Waals surface area contributed by atoms with E-state index < -0.39 is 57.6 Å². The van der Waals surface area contributed by atoms with Crippen LogP contribution in [0.4, 0.5) is 0 Å². The molecule has 1 aliphatic rings. The maximum Gasteiger partial charge on any atom is 0.326 e. The van der Waals surface area contributed by atoms with Crippen molar-refractivity contribution in [1.29, 1.82) is 0 Å². The second kappa shape index (κ2) is 24.7. The van der Waals surface area contributed by atoms with Crippen LogP contribution in [0.3, 0.4) is 0 Å². The lowest BCUT2D eigenvalue weighted by Gasteiger charge is -2.23. The number of amides is 3. The number of hydrogen-bond acceptors (Lipinski definition) is 10. The van der Waals surface area contributed by atoms with Crippen LogP contribution in [0.25, 0.3) is 0 Å². The average molecular weight is 839 g/mol. The van der Waals surface area contributed by atoms with Gasteiger partial charge in [-0.1, -0.05) is 88.4 Å². The van der Waals surface area contributed by atoms with Gasteiger partial charge in [0.05, 0.1) is 37.8 Å². The molecule has 3 atom stereocenters. The first-order chi connectivity index (χ1) is 28.1. The molecule has 1 fully saturated rings. The van der Waals surface area contributed by atoms with Gasteiger partial charge in [0, 0.05) is 6.54 Å². The smallest absolute Gasteiger partial charge is 0.326 e. The summed E-state index contributed by atoms with van der Waals surface area (Å²) in [5.41, 5.74) is 1.90. The zero-order valence-corrected chi connectivity index (χ0v) is 35.2. The number of Topliss-reactive ketones (excluding diaryl/α,β-unsaturated/α-hetero) is 1. The van der Waals surface area contributed by atoms with Crippen LogP contribution in [0.15, 0.2) is 89.8 Å².